The number of benzene rings is 2. The summed E-state index contributed by atoms with van der Waals surface area (Å²) in [4.78, 5) is 25.9. The van der Waals surface area contributed by atoms with Gasteiger partial charge < -0.3 is 20.1 Å². The summed E-state index contributed by atoms with van der Waals surface area (Å²) < 4.78 is 11.7. The molecule has 1 aliphatic rings. The number of nitrogens with one attached hydrogen (secondary N) is 1. The third-order valence-electron chi connectivity index (χ3n) is 5.53. The van der Waals surface area contributed by atoms with Crippen molar-refractivity contribution >= 4 is 45.1 Å². The first kappa shape index (κ1) is 25.0. The molecule has 0 spiro atoms. The van der Waals surface area contributed by atoms with E-state index in [1.54, 1.807) is 18.2 Å². The maximum absolute atomic E-state index is 12.8. The second-order valence-electron chi connectivity index (χ2n) is 7.93. The number of ether oxygens (including phenoxy) is 2. The van der Waals surface area contributed by atoms with E-state index >= 15 is 0 Å². The second-order valence-corrected chi connectivity index (χ2v) is 9.23. The molecule has 0 aliphatic heterocycles. The molecule has 2 aromatic rings. The number of hydrogen-bond acceptors (Lipinski definition) is 5. The molecule has 3 N–H and O–H groups in total. The molecule has 176 valence electrons. The van der Waals surface area contributed by atoms with Crippen molar-refractivity contribution in [2.45, 2.75) is 44.7 Å². The SMILES string of the molecule is COc1cc(CN(C(=S)NC(=O)c2cccc(Br)c2)C2CCCCC2)ccc1OCC(N)=O. The molecule has 0 heterocycles. The zero-order chi connectivity index (χ0) is 23.8. The van der Waals surface area contributed by atoms with E-state index in [1.807, 2.05) is 24.3 Å². The van der Waals surface area contributed by atoms with E-state index in [0.717, 1.165) is 35.7 Å². The van der Waals surface area contributed by atoms with Crippen molar-refractivity contribution in [3.8, 4) is 11.5 Å². The molecule has 2 aromatic carbocycles. The van der Waals surface area contributed by atoms with Gasteiger partial charge in [-0.15, -0.1) is 0 Å². The van der Waals surface area contributed by atoms with Crippen molar-refractivity contribution in [3.63, 3.8) is 0 Å². The number of primary amides is 1. The highest BCUT2D eigenvalue weighted by atomic mass is 79.9. The highest BCUT2D eigenvalue weighted by Crippen LogP contribution is 2.30. The summed E-state index contributed by atoms with van der Waals surface area (Å²) in [5.41, 5.74) is 6.65. The van der Waals surface area contributed by atoms with Crippen LogP contribution in [-0.4, -0.2) is 41.6 Å². The lowest BCUT2D eigenvalue weighted by atomic mass is 9.94. The number of rotatable bonds is 8. The molecule has 33 heavy (non-hydrogen) atoms. The first-order chi connectivity index (χ1) is 15.9. The van der Waals surface area contributed by atoms with E-state index < -0.39 is 5.91 Å². The third-order valence-corrected chi connectivity index (χ3v) is 6.36. The van der Waals surface area contributed by atoms with Crippen molar-refractivity contribution in [3.05, 3.63) is 58.1 Å². The van der Waals surface area contributed by atoms with Gasteiger partial charge in [0.05, 0.1) is 7.11 Å². The number of amides is 2. The van der Waals surface area contributed by atoms with Crippen LogP contribution < -0.4 is 20.5 Å². The summed E-state index contributed by atoms with van der Waals surface area (Å²) in [6, 6.07) is 12.9. The topological polar surface area (TPSA) is 93.9 Å². The van der Waals surface area contributed by atoms with Crippen molar-refractivity contribution in [2.75, 3.05) is 13.7 Å². The van der Waals surface area contributed by atoms with Crippen LogP contribution in [0.3, 0.4) is 0 Å². The van der Waals surface area contributed by atoms with Crippen LogP contribution >= 0.6 is 28.1 Å². The summed E-state index contributed by atoms with van der Waals surface area (Å²) in [5.74, 6) is 0.141. The Hall–Kier alpha value is -2.65. The Morgan fingerprint density at radius 3 is 2.58 bits per heavy atom. The van der Waals surface area contributed by atoms with E-state index in [9.17, 15) is 9.59 Å². The molecule has 0 aromatic heterocycles. The van der Waals surface area contributed by atoms with Crippen LogP contribution in [0.15, 0.2) is 46.9 Å². The fraction of sp³-hybridized carbons (Fsp3) is 0.375. The number of nitrogens with two attached hydrogens (primary N) is 1. The van der Waals surface area contributed by atoms with E-state index in [1.165, 1.54) is 13.5 Å². The molecule has 7 nitrogen and oxygen atoms in total. The summed E-state index contributed by atoms with van der Waals surface area (Å²) in [5, 5.41) is 3.31. The smallest absolute Gasteiger partial charge is 0.257 e. The highest BCUT2D eigenvalue weighted by Gasteiger charge is 2.25. The molecule has 2 amide bonds. The number of carbonyl (C=O) groups excluding carboxylic acids is 2. The Morgan fingerprint density at radius 1 is 1.15 bits per heavy atom. The molecule has 0 saturated heterocycles. The molecule has 1 fully saturated rings. The summed E-state index contributed by atoms with van der Waals surface area (Å²) in [6.45, 7) is 0.282. The first-order valence-electron chi connectivity index (χ1n) is 10.8. The Balaban J connectivity index is 1.78. The minimum atomic E-state index is -0.559. The van der Waals surface area contributed by atoms with E-state index in [-0.39, 0.29) is 18.6 Å². The molecular weight excluding hydrogens is 506 g/mol. The predicted molar refractivity (Wildman–Crippen MR) is 134 cm³/mol. The minimum absolute atomic E-state index is 0.227. The molecule has 0 unspecified atom stereocenters. The maximum atomic E-state index is 12.8. The lowest BCUT2D eigenvalue weighted by molar-refractivity contribution is -0.119. The Kier molecular flexibility index (Phi) is 9.08. The van der Waals surface area contributed by atoms with Crippen LogP contribution in [0.4, 0.5) is 0 Å². The highest BCUT2D eigenvalue weighted by molar-refractivity contribution is 9.10. The second kappa shape index (κ2) is 12.0. The molecule has 0 radical (unpaired) electrons. The van der Waals surface area contributed by atoms with E-state index in [0.29, 0.717) is 28.7 Å². The average molecular weight is 534 g/mol. The molecule has 1 aliphatic carbocycles. The molecule has 9 heteroatoms. The summed E-state index contributed by atoms with van der Waals surface area (Å²) in [6.07, 6.45) is 5.51. The van der Waals surface area contributed by atoms with E-state index in [4.69, 9.17) is 27.4 Å². The van der Waals surface area contributed by atoms with Crippen molar-refractivity contribution in [1.82, 2.24) is 10.2 Å². The molecule has 0 bridgehead atoms. The van der Waals surface area contributed by atoms with Crippen molar-refractivity contribution in [2.24, 2.45) is 5.73 Å². The Labute approximate surface area is 207 Å². The first-order valence-corrected chi connectivity index (χ1v) is 12.0. The van der Waals surface area contributed by atoms with Gasteiger partial charge in [0.25, 0.3) is 11.8 Å². The summed E-state index contributed by atoms with van der Waals surface area (Å²) >= 11 is 9.10. The van der Waals surface area contributed by atoms with Gasteiger partial charge in [-0.25, -0.2) is 0 Å². The fourth-order valence-corrected chi connectivity index (χ4v) is 4.61. The van der Waals surface area contributed by atoms with Gasteiger partial charge in [-0.3, -0.25) is 14.9 Å². The van der Waals surface area contributed by atoms with Crippen LogP contribution in [0.25, 0.3) is 0 Å². The zero-order valence-electron chi connectivity index (χ0n) is 18.5. The van der Waals surface area contributed by atoms with Crippen LogP contribution in [0.1, 0.15) is 48.0 Å². The lowest BCUT2D eigenvalue weighted by Gasteiger charge is -2.36. The third kappa shape index (κ3) is 7.17. The monoisotopic (exact) mass is 533 g/mol. The maximum Gasteiger partial charge on any atom is 0.257 e. The number of hydrogen-bond donors (Lipinski definition) is 2. The number of thiocarbonyl (C=S) groups is 1. The van der Waals surface area contributed by atoms with Gasteiger partial charge in [0.15, 0.2) is 23.2 Å². The van der Waals surface area contributed by atoms with Gasteiger partial charge in [-0.05, 0) is 61.0 Å². The van der Waals surface area contributed by atoms with Gasteiger partial charge in [-0.2, -0.15) is 0 Å². The standard InChI is InChI=1S/C24H28BrN3O4S/c1-31-21-12-16(10-11-20(21)32-15-22(26)29)14-28(19-8-3-2-4-9-19)24(33)27-23(30)17-6-5-7-18(25)13-17/h5-7,10-13,19H,2-4,8-9,14-15H2,1H3,(H2,26,29)(H,27,30,33). The summed E-state index contributed by atoms with van der Waals surface area (Å²) in [7, 11) is 1.54. The van der Waals surface area contributed by atoms with Crippen LogP contribution in [0.5, 0.6) is 11.5 Å². The van der Waals surface area contributed by atoms with Crippen LogP contribution in [-0.2, 0) is 11.3 Å². The largest absolute Gasteiger partial charge is 0.493 e. The zero-order valence-corrected chi connectivity index (χ0v) is 20.9. The van der Waals surface area contributed by atoms with Crippen molar-refractivity contribution in [1.29, 1.82) is 0 Å². The van der Waals surface area contributed by atoms with Gasteiger partial charge in [0.2, 0.25) is 0 Å². The van der Waals surface area contributed by atoms with E-state index in [2.05, 4.69) is 26.1 Å². The number of nitrogens with zero attached hydrogens (tertiary/aromatic N) is 1. The normalized spacial score (nSPS) is 13.8. The van der Waals surface area contributed by atoms with Gasteiger partial charge in [0, 0.05) is 22.6 Å². The quantitative estimate of drug-likeness (QED) is 0.494. The lowest BCUT2D eigenvalue weighted by Crippen LogP contribution is -2.48. The van der Waals surface area contributed by atoms with Gasteiger partial charge >= 0.3 is 0 Å². The Morgan fingerprint density at radius 2 is 1.91 bits per heavy atom. The molecule has 3 rings (SSSR count). The molecular formula is C24H28BrN3O4S. The van der Waals surface area contributed by atoms with Crippen LogP contribution in [0.2, 0.25) is 0 Å². The number of methoxy groups -OCH3 is 1. The predicted octanol–water partition coefficient (Wildman–Crippen LogP) is 4.17. The van der Waals surface area contributed by atoms with Gasteiger partial charge in [-0.1, -0.05) is 47.3 Å². The average Bonchev–Trinajstić information content (AvgIpc) is 2.81. The Bertz CT molecular complexity index is 1010. The number of halogens is 1. The number of carbonyl (C=O) groups is 2. The molecule has 1 saturated carbocycles. The minimum Gasteiger partial charge on any atom is -0.493 e. The van der Waals surface area contributed by atoms with Crippen molar-refractivity contribution < 1.29 is 19.1 Å². The fourth-order valence-electron chi connectivity index (χ4n) is 3.91. The molecule has 0 atom stereocenters. The van der Waals surface area contributed by atoms with Gasteiger partial charge in [0.1, 0.15) is 0 Å². The van der Waals surface area contributed by atoms with Crippen LogP contribution in [0, 0.1) is 0 Å².